The summed E-state index contributed by atoms with van der Waals surface area (Å²) in [7, 11) is -4.76. The van der Waals surface area contributed by atoms with Gasteiger partial charge in [-0.3, -0.25) is 9.79 Å². The summed E-state index contributed by atoms with van der Waals surface area (Å²) in [5.41, 5.74) is 0. The molecule has 1 rings (SSSR count). The van der Waals surface area contributed by atoms with Crippen molar-refractivity contribution in [2.75, 3.05) is 0 Å². The first-order valence-corrected chi connectivity index (χ1v) is 4.69. The van der Waals surface area contributed by atoms with Gasteiger partial charge in [-0.2, -0.15) is 0 Å². The second kappa shape index (κ2) is 3.26. The van der Waals surface area contributed by atoms with Crippen LogP contribution < -0.4 is 4.52 Å². The summed E-state index contributed by atoms with van der Waals surface area (Å²) < 4.78 is 14.4. The fourth-order valence-corrected chi connectivity index (χ4v) is 1.15. The molecule has 0 atom stereocenters. The summed E-state index contributed by atoms with van der Waals surface area (Å²) in [6.45, 7) is 0. The summed E-state index contributed by atoms with van der Waals surface area (Å²) in [4.78, 5) is 16.8. The molecule has 0 aromatic heterocycles. The summed E-state index contributed by atoms with van der Waals surface area (Å²) in [5, 5.41) is 18.1. The van der Waals surface area contributed by atoms with E-state index in [9.17, 15) is 4.57 Å². The maximum absolute atomic E-state index is 10.4. The highest BCUT2D eigenvalue weighted by molar-refractivity contribution is 7.46. The van der Waals surface area contributed by atoms with Crippen molar-refractivity contribution in [2.45, 2.75) is 0 Å². The minimum atomic E-state index is -4.76. The Kier molecular flexibility index (Phi) is 2.47. The number of phosphoric ester groups is 1. The van der Waals surface area contributed by atoms with Gasteiger partial charge in [0.1, 0.15) is 0 Å². The molecule has 1 aromatic rings. The Morgan fingerprint density at radius 3 is 2.00 bits per heavy atom. The largest absolute Gasteiger partial charge is 0.525 e. The average molecular weight is 206 g/mol. The Hall–Kier alpha value is -1.23. The van der Waals surface area contributed by atoms with E-state index in [0.717, 1.165) is 12.1 Å². The summed E-state index contributed by atoms with van der Waals surface area (Å²) in [6.07, 6.45) is 0. The Bertz CT molecular complexity index is 336. The molecule has 0 heterocycles. The van der Waals surface area contributed by atoms with Crippen molar-refractivity contribution in [3.05, 3.63) is 18.2 Å². The third-order valence-corrected chi connectivity index (χ3v) is 1.60. The molecule has 6 nitrogen and oxygen atoms in total. The molecule has 0 bridgehead atoms. The number of phenolic OH excluding ortho intramolecular Hbond substituents is 2. The fraction of sp³-hybridized carbons (Fsp3) is 0. The third kappa shape index (κ3) is 2.62. The minimum absolute atomic E-state index is 0.539. The molecule has 0 aliphatic rings. The van der Waals surface area contributed by atoms with Crippen LogP contribution in [0.2, 0.25) is 0 Å². The highest BCUT2D eigenvalue weighted by Gasteiger charge is 2.20. The van der Waals surface area contributed by atoms with Gasteiger partial charge >= 0.3 is 7.82 Å². The van der Waals surface area contributed by atoms with Crippen LogP contribution in [0.3, 0.4) is 0 Å². The SMILES string of the molecule is O=P(O)(O)Oc1c(O)cccc1O. The van der Waals surface area contributed by atoms with Crippen molar-refractivity contribution < 1.29 is 29.1 Å². The number of aromatic hydroxyl groups is 2. The molecule has 0 fully saturated rings. The van der Waals surface area contributed by atoms with Gasteiger partial charge in [-0.15, -0.1) is 0 Å². The molecule has 0 spiro atoms. The number of rotatable bonds is 2. The molecular weight excluding hydrogens is 199 g/mol. The van der Waals surface area contributed by atoms with Gasteiger partial charge in [0, 0.05) is 0 Å². The van der Waals surface area contributed by atoms with Crippen LogP contribution in [0, 0.1) is 0 Å². The predicted octanol–water partition coefficient (Wildman–Crippen LogP) is 0.569. The average Bonchev–Trinajstić information content (AvgIpc) is 1.95. The van der Waals surface area contributed by atoms with E-state index in [1.807, 2.05) is 0 Å². The van der Waals surface area contributed by atoms with Crippen LogP contribution >= 0.6 is 7.82 Å². The number of phenols is 2. The van der Waals surface area contributed by atoms with Crippen molar-refractivity contribution >= 4 is 7.82 Å². The standard InChI is InChI=1S/C6H7O6P/c7-4-2-1-3-5(8)6(4)12-13(9,10)11/h1-3,7-8H,(H2,9,10,11). The Morgan fingerprint density at radius 2 is 1.62 bits per heavy atom. The van der Waals surface area contributed by atoms with Crippen LogP contribution in [0.4, 0.5) is 0 Å². The molecule has 0 saturated heterocycles. The first kappa shape index (κ1) is 9.85. The summed E-state index contributed by atoms with van der Waals surface area (Å²) in [6, 6.07) is 3.56. The van der Waals surface area contributed by atoms with Crippen LogP contribution in [0.15, 0.2) is 18.2 Å². The van der Waals surface area contributed by atoms with Crippen molar-refractivity contribution in [1.82, 2.24) is 0 Å². The lowest BCUT2D eigenvalue weighted by Crippen LogP contribution is -1.90. The van der Waals surface area contributed by atoms with E-state index in [1.54, 1.807) is 0 Å². The molecule has 13 heavy (non-hydrogen) atoms. The van der Waals surface area contributed by atoms with Crippen LogP contribution in [0.25, 0.3) is 0 Å². The second-order valence-electron chi connectivity index (χ2n) is 2.21. The van der Waals surface area contributed by atoms with Gasteiger partial charge in [-0.05, 0) is 12.1 Å². The number of hydrogen-bond acceptors (Lipinski definition) is 4. The van der Waals surface area contributed by atoms with Crippen molar-refractivity contribution in [3.8, 4) is 17.2 Å². The molecule has 0 aliphatic heterocycles. The van der Waals surface area contributed by atoms with E-state index in [2.05, 4.69) is 4.52 Å². The topological polar surface area (TPSA) is 107 Å². The van der Waals surface area contributed by atoms with Crippen molar-refractivity contribution in [1.29, 1.82) is 0 Å². The normalized spacial score (nSPS) is 11.2. The van der Waals surface area contributed by atoms with Gasteiger partial charge in [0.15, 0.2) is 11.5 Å². The smallest absolute Gasteiger partial charge is 0.504 e. The Morgan fingerprint density at radius 1 is 1.15 bits per heavy atom. The highest BCUT2D eigenvalue weighted by atomic mass is 31.2. The molecule has 7 heteroatoms. The zero-order chi connectivity index (χ0) is 10.1. The zero-order valence-corrected chi connectivity index (χ0v) is 7.18. The molecule has 0 saturated carbocycles. The summed E-state index contributed by atoms with van der Waals surface area (Å²) >= 11 is 0. The van der Waals surface area contributed by atoms with Gasteiger partial charge in [0.05, 0.1) is 0 Å². The van der Waals surface area contributed by atoms with Gasteiger partial charge in [0.25, 0.3) is 0 Å². The highest BCUT2D eigenvalue weighted by Crippen LogP contribution is 2.45. The van der Waals surface area contributed by atoms with Crippen molar-refractivity contribution in [2.24, 2.45) is 0 Å². The molecular formula is C6H7O6P. The maximum Gasteiger partial charge on any atom is 0.525 e. The van der Waals surface area contributed by atoms with Crippen LogP contribution in [-0.2, 0) is 4.57 Å². The predicted molar refractivity (Wildman–Crippen MR) is 42.4 cm³/mol. The molecule has 1 aromatic carbocycles. The zero-order valence-electron chi connectivity index (χ0n) is 6.28. The quantitative estimate of drug-likeness (QED) is 0.527. The lowest BCUT2D eigenvalue weighted by Gasteiger charge is -2.09. The maximum atomic E-state index is 10.4. The van der Waals surface area contributed by atoms with E-state index in [4.69, 9.17) is 20.0 Å². The summed E-state index contributed by atoms with van der Waals surface area (Å²) in [5.74, 6) is -1.71. The van der Waals surface area contributed by atoms with Crippen molar-refractivity contribution in [3.63, 3.8) is 0 Å². The van der Waals surface area contributed by atoms with E-state index >= 15 is 0 Å². The lowest BCUT2D eigenvalue weighted by atomic mass is 10.3. The first-order valence-electron chi connectivity index (χ1n) is 3.16. The Balaban J connectivity index is 3.07. The van der Waals surface area contributed by atoms with Gasteiger partial charge in [-0.25, -0.2) is 4.57 Å². The van der Waals surface area contributed by atoms with Crippen LogP contribution in [-0.4, -0.2) is 20.0 Å². The number of hydrogen-bond donors (Lipinski definition) is 4. The lowest BCUT2D eigenvalue weighted by molar-refractivity contribution is 0.271. The van der Waals surface area contributed by atoms with E-state index in [0.29, 0.717) is 0 Å². The molecule has 0 radical (unpaired) electrons. The number of phosphoric acid groups is 1. The molecule has 72 valence electrons. The van der Waals surface area contributed by atoms with E-state index < -0.39 is 25.1 Å². The molecule has 4 N–H and O–H groups in total. The fourth-order valence-electron chi connectivity index (χ4n) is 0.725. The van der Waals surface area contributed by atoms with Gasteiger partial charge < -0.3 is 14.7 Å². The molecule has 0 aliphatic carbocycles. The Labute approximate surface area is 73.3 Å². The molecule has 0 unspecified atom stereocenters. The minimum Gasteiger partial charge on any atom is -0.504 e. The number of para-hydroxylation sites is 1. The monoisotopic (exact) mass is 206 g/mol. The van der Waals surface area contributed by atoms with E-state index in [1.165, 1.54) is 6.07 Å². The van der Waals surface area contributed by atoms with E-state index in [-0.39, 0.29) is 0 Å². The third-order valence-electron chi connectivity index (χ3n) is 1.18. The van der Waals surface area contributed by atoms with Crippen LogP contribution in [0.1, 0.15) is 0 Å². The molecule has 0 amide bonds. The van der Waals surface area contributed by atoms with Gasteiger partial charge in [0.2, 0.25) is 5.75 Å². The second-order valence-corrected chi connectivity index (χ2v) is 3.37. The van der Waals surface area contributed by atoms with Gasteiger partial charge in [-0.1, -0.05) is 6.07 Å². The number of benzene rings is 1. The first-order chi connectivity index (χ1) is 5.90. The van der Waals surface area contributed by atoms with Crippen LogP contribution in [0.5, 0.6) is 17.2 Å².